The number of fused-ring (bicyclic) bond motifs is 1. The molecule has 0 bridgehead atoms. The van der Waals surface area contributed by atoms with E-state index in [9.17, 15) is 9.90 Å². The lowest BCUT2D eigenvalue weighted by Crippen LogP contribution is -2.35. The molecule has 246 valence electrons. The summed E-state index contributed by atoms with van der Waals surface area (Å²) >= 11 is 14.2. The third-order valence-corrected chi connectivity index (χ3v) is 9.61. The number of methoxy groups -OCH3 is 1. The first-order valence-electron chi connectivity index (χ1n) is 15.9. The number of aliphatic hydroxyl groups is 1. The average molecular weight is 676 g/mol. The van der Waals surface area contributed by atoms with Crippen LogP contribution in [0, 0.1) is 0 Å². The first-order chi connectivity index (χ1) is 22.7. The number of β-amino-alcohol motifs (C(OH)–C–C–N with tert-alkyl or cyclic N) is 1. The molecule has 1 unspecified atom stereocenters. The van der Waals surface area contributed by atoms with Crippen molar-refractivity contribution in [1.82, 2.24) is 25.5 Å². The van der Waals surface area contributed by atoms with Gasteiger partial charge in [0, 0.05) is 98.5 Å². The van der Waals surface area contributed by atoms with Crippen LogP contribution in [0.1, 0.15) is 30.9 Å². The maximum atomic E-state index is 11.5. The van der Waals surface area contributed by atoms with E-state index in [1.54, 1.807) is 13.3 Å². The number of aliphatic hydroxyl groups excluding tert-OH is 1. The molecular formula is C36H40Cl2N6O3. The summed E-state index contributed by atoms with van der Waals surface area (Å²) in [5.74, 6) is 0.616. The number of rotatable bonds is 10. The number of carbonyl (C=O) groups excluding carboxylic acids is 1. The molecule has 0 radical (unpaired) electrons. The van der Waals surface area contributed by atoms with Gasteiger partial charge in [0.05, 0.1) is 34.6 Å². The van der Waals surface area contributed by atoms with E-state index >= 15 is 0 Å². The van der Waals surface area contributed by atoms with Crippen molar-refractivity contribution in [3.8, 4) is 39.5 Å². The number of halogens is 2. The number of hydrogen-bond donors (Lipinski definition) is 3. The number of anilines is 1. The Morgan fingerprint density at radius 2 is 1.89 bits per heavy atom. The number of hydrogen-bond acceptors (Lipinski definition) is 8. The second kappa shape index (κ2) is 14.6. The van der Waals surface area contributed by atoms with Crippen LogP contribution in [-0.2, 0) is 17.9 Å². The summed E-state index contributed by atoms with van der Waals surface area (Å²) in [6.07, 6.45) is 2.80. The maximum absolute atomic E-state index is 11.5. The number of benzene rings is 2. The van der Waals surface area contributed by atoms with E-state index in [4.69, 9.17) is 32.9 Å². The Bertz CT molecular complexity index is 1770. The van der Waals surface area contributed by atoms with Crippen molar-refractivity contribution in [2.24, 2.45) is 0 Å². The smallest absolute Gasteiger partial charge is 0.220 e. The molecule has 2 aliphatic heterocycles. The van der Waals surface area contributed by atoms with E-state index in [0.717, 1.165) is 59.6 Å². The fourth-order valence-corrected chi connectivity index (χ4v) is 7.04. The number of likely N-dealkylation sites (N-methyl/N-ethyl adjacent to an activating group) is 1. The molecular weight excluding hydrogens is 635 g/mol. The fourth-order valence-electron chi connectivity index (χ4n) is 6.39. The molecule has 1 amide bonds. The Morgan fingerprint density at radius 1 is 1.09 bits per heavy atom. The van der Waals surface area contributed by atoms with Gasteiger partial charge in [0.15, 0.2) is 0 Å². The number of nitrogens with zero attached hydrogens (tertiary/aromatic N) is 4. The number of nitrogens with one attached hydrogen (secondary N) is 2. The van der Waals surface area contributed by atoms with Gasteiger partial charge < -0.3 is 25.4 Å². The third-order valence-electron chi connectivity index (χ3n) is 8.82. The van der Waals surface area contributed by atoms with Gasteiger partial charge in [-0.2, -0.15) is 0 Å². The largest absolute Gasteiger partial charge is 0.481 e. The molecule has 47 heavy (non-hydrogen) atoms. The van der Waals surface area contributed by atoms with E-state index in [1.165, 1.54) is 5.56 Å². The summed E-state index contributed by atoms with van der Waals surface area (Å²) in [6, 6.07) is 18.1. The molecule has 2 aromatic carbocycles. The lowest BCUT2D eigenvalue weighted by Gasteiger charge is -2.21. The van der Waals surface area contributed by atoms with Gasteiger partial charge in [0.1, 0.15) is 0 Å². The highest BCUT2D eigenvalue weighted by molar-refractivity contribution is 6.39. The molecule has 2 aromatic heterocycles. The van der Waals surface area contributed by atoms with Crippen molar-refractivity contribution < 1.29 is 14.6 Å². The van der Waals surface area contributed by atoms with Crippen LogP contribution in [0.15, 0.2) is 60.8 Å². The van der Waals surface area contributed by atoms with E-state index in [-0.39, 0.29) is 18.1 Å². The molecule has 11 heteroatoms. The molecule has 0 spiro atoms. The monoisotopic (exact) mass is 674 g/mol. The molecule has 1 saturated heterocycles. The second-order valence-corrected chi connectivity index (χ2v) is 13.1. The molecule has 2 aliphatic rings. The van der Waals surface area contributed by atoms with Gasteiger partial charge in [0.2, 0.25) is 11.8 Å². The van der Waals surface area contributed by atoms with Crippen molar-refractivity contribution in [1.29, 1.82) is 0 Å². The molecule has 1 fully saturated rings. The van der Waals surface area contributed by atoms with Crippen LogP contribution in [0.3, 0.4) is 0 Å². The lowest BCUT2D eigenvalue weighted by atomic mass is 9.98. The lowest BCUT2D eigenvalue weighted by molar-refractivity contribution is -0.119. The standard InChI is InChI=1S/C36H40Cl2N6O3/c1-22(45)20-44-16-15-43(2)31-17-23(7-8-25(31)21-44)35-34(38)28(13-14-40-35)27-5-4-6-29(33(27)37)30-11-9-24(36(42-30)47-3)18-39-19-26-10-12-32(46)41-26/h4-9,11,13-14,17,22,26,39,45H,10,12,15-16,18-21H2,1-3H3,(H,41,46)/t22?,26-/m0/s1. The second-order valence-electron chi connectivity index (χ2n) is 12.3. The van der Waals surface area contributed by atoms with E-state index in [1.807, 2.05) is 43.3 Å². The zero-order chi connectivity index (χ0) is 33.1. The minimum atomic E-state index is -0.379. The Morgan fingerprint density at radius 3 is 2.66 bits per heavy atom. The minimum absolute atomic E-state index is 0.104. The molecule has 4 heterocycles. The van der Waals surface area contributed by atoms with Crippen LogP contribution < -0.4 is 20.3 Å². The number of pyridine rings is 2. The van der Waals surface area contributed by atoms with Crippen molar-refractivity contribution in [2.45, 2.75) is 45.0 Å². The van der Waals surface area contributed by atoms with E-state index < -0.39 is 0 Å². The summed E-state index contributed by atoms with van der Waals surface area (Å²) < 4.78 is 5.65. The van der Waals surface area contributed by atoms with Gasteiger partial charge in [-0.15, -0.1) is 0 Å². The molecule has 2 atom stereocenters. The quantitative estimate of drug-likeness (QED) is 0.194. The van der Waals surface area contributed by atoms with Crippen LogP contribution in [0.5, 0.6) is 5.88 Å². The summed E-state index contributed by atoms with van der Waals surface area (Å²) in [7, 11) is 3.70. The average Bonchev–Trinajstić information content (AvgIpc) is 3.41. The Hall–Kier alpha value is -3.73. The highest BCUT2D eigenvalue weighted by Gasteiger charge is 2.23. The summed E-state index contributed by atoms with van der Waals surface area (Å²) in [6.45, 7) is 6.20. The predicted octanol–water partition coefficient (Wildman–Crippen LogP) is 5.79. The van der Waals surface area contributed by atoms with Crippen LogP contribution in [0.4, 0.5) is 5.69 Å². The highest BCUT2D eigenvalue weighted by Crippen LogP contribution is 2.42. The first-order valence-corrected chi connectivity index (χ1v) is 16.7. The number of aromatic nitrogens is 2. The Labute approximate surface area is 285 Å². The number of carbonyl (C=O) groups is 1. The SMILES string of the molecule is COc1nc(-c2cccc(-c3ccnc(-c4ccc5c(c4)N(C)CCN(CC(C)O)C5)c3Cl)c2Cl)ccc1CNC[C@@H]1CCC(=O)N1. The number of ether oxygens (including phenoxy) is 1. The zero-order valence-corrected chi connectivity index (χ0v) is 28.4. The van der Waals surface area contributed by atoms with Gasteiger partial charge in [-0.25, -0.2) is 4.98 Å². The minimum Gasteiger partial charge on any atom is -0.481 e. The van der Waals surface area contributed by atoms with Gasteiger partial charge in [-0.1, -0.05) is 59.6 Å². The Kier molecular flexibility index (Phi) is 10.3. The molecule has 3 N–H and O–H groups in total. The van der Waals surface area contributed by atoms with Gasteiger partial charge >= 0.3 is 0 Å². The summed E-state index contributed by atoms with van der Waals surface area (Å²) in [4.78, 5) is 25.5. The summed E-state index contributed by atoms with van der Waals surface area (Å²) in [5, 5.41) is 17.4. The van der Waals surface area contributed by atoms with Crippen molar-refractivity contribution >= 4 is 34.8 Å². The third kappa shape index (κ3) is 7.40. The van der Waals surface area contributed by atoms with Crippen molar-refractivity contribution in [3.05, 3.63) is 82.0 Å². The van der Waals surface area contributed by atoms with Crippen LogP contribution in [-0.4, -0.2) is 78.4 Å². The molecule has 9 nitrogen and oxygen atoms in total. The van der Waals surface area contributed by atoms with Crippen LogP contribution >= 0.6 is 23.2 Å². The fraction of sp³-hybridized carbons (Fsp3) is 0.361. The van der Waals surface area contributed by atoms with E-state index in [0.29, 0.717) is 53.4 Å². The molecule has 4 aromatic rings. The van der Waals surface area contributed by atoms with Gasteiger partial charge in [0.25, 0.3) is 0 Å². The van der Waals surface area contributed by atoms with E-state index in [2.05, 4.69) is 50.7 Å². The predicted molar refractivity (Wildman–Crippen MR) is 188 cm³/mol. The maximum Gasteiger partial charge on any atom is 0.220 e. The van der Waals surface area contributed by atoms with Crippen LogP contribution in [0.25, 0.3) is 33.6 Å². The summed E-state index contributed by atoms with van der Waals surface area (Å²) in [5.41, 5.74) is 7.85. The zero-order valence-electron chi connectivity index (χ0n) is 26.9. The van der Waals surface area contributed by atoms with Crippen molar-refractivity contribution in [2.75, 3.05) is 45.2 Å². The molecule has 6 rings (SSSR count). The molecule has 0 aliphatic carbocycles. The van der Waals surface area contributed by atoms with Crippen LogP contribution in [0.2, 0.25) is 10.0 Å². The topological polar surface area (TPSA) is 103 Å². The van der Waals surface area contributed by atoms with Gasteiger partial charge in [-0.3, -0.25) is 14.7 Å². The van der Waals surface area contributed by atoms with Gasteiger partial charge in [-0.05, 0) is 37.1 Å². The number of amides is 1. The van der Waals surface area contributed by atoms with Crippen molar-refractivity contribution in [3.63, 3.8) is 0 Å². The first kappa shape index (κ1) is 33.2. The Balaban J connectivity index is 1.26. The highest BCUT2D eigenvalue weighted by atomic mass is 35.5. The molecule has 0 saturated carbocycles. The normalized spacial score (nSPS) is 17.3.